The summed E-state index contributed by atoms with van der Waals surface area (Å²) in [6.45, 7) is 3.57. The van der Waals surface area contributed by atoms with Crippen LogP contribution in [0.3, 0.4) is 0 Å². The van der Waals surface area contributed by atoms with Gasteiger partial charge in [0.2, 0.25) is 0 Å². The number of rotatable bonds is 0. The molecule has 0 aromatic carbocycles. The minimum Gasteiger partial charge on any atom is -0.430 e. The van der Waals surface area contributed by atoms with Gasteiger partial charge in [0.25, 0.3) is 0 Å². The Hall–Kier alpha value is -0.860. The van der Waals surface area contributed by atoms with Crippen molar-refractivity contribution in [3.8, 4) is 0 Å². The van der Waals surface area contributed by atoms with Gasteiger partial charge in [0, 0.05) is 27.9 Å². The van der Waals surface area contributed by atoms with Crippen molar-refractivity contribution in [2.75, 3.05) is 14.1 Å². The summed E-state index contributed by atoms with van der Waals surface area (Å²) in [7, 11) is 3.36. The Labute approximate surface area is 55.5 Å². The van der Waals surface area contributed by atoms with Crippen LogP contribution in [0.15, 0.2) is 9.98 Å². The molecule has 0 saturated heterocycles. The molecule has 0 aliphatic rings. The van der Waals surface area contributed by atoms with Crippen LogP contribution in [0.4, 0.5) is 0 Å². The molecule has 0 N–H and O–H groups in total. The Morgan fingerprint density at radius 2 is 1.33 bits per heavy atom. The maximum atomic E-state index is 5.05. The van der Waals surface area contributed by atoms with Crippen LogP contribution in [0.5, 0.6) is 0 Å². The van der Waals surface area contributed by atoms with Crippen LogP contribution in [0.2, 0.25) is 0 Å². The van der Waals surface area contributed by atoms with Crippen molar-refractivity contribution in [1.29, 1.82) is 0 Å². The summed E-state index contributed by atoms with van der Waals surface area (Å²) < 4.78 is 5.05. The average molecular weight is 128 g/mol. The number of hydrogen-bond donors (Lipinski definition) is 0. The van der Waals surface area contributed by atoms with Crippen LogP contribution in [0.1, 0.15) is 13.8 Å². The first-order valence-corrected chi connectivity index (χ1v) is 2.75. The lowest BCUT2D eigenvalue weighted by atomic mass is 10.7. The summed E-state index contributed by atoms with van der Waals surface area (Å²) in [6, 6.07) is 0. The van der Waals surface area contributed by atoms with Gasteiger partial charge < -0.3 is 4.74 Å². The zero-order chi connectivity index (χ0) is 7.28. The van der Waals surface area contributed by atoms with Crippen LogP contribution in [0.25, 0.3) is 0 Å². The lowest BCUT2D eigenvalue weighted by Gasteiger charge is -1.99. The topological polar surface area (TPSA) is 34.0 Å². The molecule has 0 spiro atoms. The fourth-order valence-corrected chi connectivity index (χ4v) is 0.305. The second-order valence-corrected chi connectivity index (χ2v) is 1.59. The number of aliphatic imine (C=N–C) groups is 2. The van der Waals surface area contributed by atoms with Gasteiger partial charge in [-0.15, -0.1) is 0 Å². The smallest absolute Gasteiger partial charge is 0.188 e. The van der Waals surface area contributed by atoms with E-state index in [0.717, 1.165) is 0 Å². The lowest BCUT2D eigenvalue weighted by Crippen LogP contribution is -2.04. The Bertz CT molecular complexity index is 122. The minimum atomic E-state index is 0.637. The first-order valence-electron chi connectivity index (χ1n) is 2.75. The normalized spacial score (nSPS) is 13.8. The summed E-state index contributed by atoms with van der Waals surface area (Å²) in [4.78, 5) is 7.58. The van der Waals surface area contributed by atoms with Gasteiger partial charge in [-0.05, 0) is 0 Å². The molecule has 0 amide bonds. The predicted octanol–water partition coefficient (Wildman–Crippen LogP) is 1.10. The average Bonchev–Trinajstić information content (AvgIpc) is 1.87. The maximum Gasteiger partial charge on any atom is 0.188 e. The number of hydrogen-bond acceptors (Lipinski definition) is 3. The Balaban J connectivity index is 3.75. The molecule has 0 aliphatic heterocycles. The highest BCUT2D eigenvalue weighted by molar-refractivity contribution is 5.88. The molecule has 0 saturated carbocycles. The van der Waals surface area contributed by atoms with E-state index in [2.05, 4.69) is 9.98 Å². The van der Waals surface area contributed by atoms with E-state index >= 15 is 0 Å². The van der Waals surface area contributed by atoms with Gasteiger partial charge >= 0.3 is 0 Å². The van der Waals surface area contributed by atoms with Crippen LogP contribution < -0.4 is 0 Å². The second-order valence-electron chi connectivity index (χ2n) is 1.59. The third-order valence-electron chi connectivity index (χ3n) is 0.925. The van der Waals surface area contributed by atoms with Gasteiger partial charge in [-0.25, -0.2) is 0 Å². The van der Waals surface area contributed by atoms with Crippen molar-refractivity contribution in [3.05, 3.63) is 0 Å². The fraction of sp³-hybridized carbons (Fsp3) is 0.667. The highest BCUT2D eigenvalue weighted by Crippen LogP contribution is 1.82. The summed E-state index contributed by atoms with van der Waals surface area (Å²) in [5.74, 6) is 1.27. The summed E-state index contributed by atoms with van der Waals surface area (Å²) >= 11 is 0. The molecule has 0 radical (unpaired) electrons. The Morgan fingerprint density at radius 3 is 1.56 bits per heavy atom. The third kappa shape index (κ3) is 3.70. The molecule has 0 bridgehead atoms. The standard InChI is InChI=1S/C6H12N2O/c1-5(7-3)9-6(2)8-4/h1-4H3. The van der Waals surface area contributed by atoms with Crippen molar-refractivity contribution in [1.82, 2.24) is 0 Å². The van der Waals surface area contributed by atoms with Crippen molar-refractivity contribution >= 4 is 11.8 Å². The molecule has 0 aromatic heterocycles. The molecule has 0 fully saturated rings. The molecule has 3 nitrogen and oxygen atoms in total. The molecule has 0 atom stereocenters. The Kier molecular flexibility index (Phi) is 3.67. The maximum absolute atomic E-state index is 5.05. The Morgan fingerprint density at radius 1 is 1.00 bits per heavy atom. The molecule has 52 valence electrons. The summed E-state index contributed by atoms with van der Waals surface area (Å²) in [6.07, 6.45) is 0. The third-order valence-corrected chi connectivity index (χ3v) is 0.925. The second kappa shape index (κ2) is 4.06. The van der Waals surface area contributed by atoms with Crippen molar-refractivity contribution in [3.63, 3.8) is 0 Å². The number of ether oxygens (including phenoxy) is 1. The zero-order valence-corrected chi connectivity index (χ0v) is 6.30. The van der Waals surface area contributed by atoms with E-state index < -0.39 is 0 Å². The minimum absolute atomic E-state index is 0.637. The SMILES string of the molecule is CN=C(C)OC(C)=NC. The van der Waals surface area contributed by atoms with Gasteiger partial charge in [-0.2, -0.15) is 0 Å². The summed E-state index contributed by atoms with van der Waals surface area (Å²) in [5, 5.41) is 0. The van der Waals surface area contributed by atoms with Crippen molar-refractivity contribution < 1.29 is 4.74 Å². The molecule has 0 heterocycles. The van der Waals surface area contributed by atoms with Gasteiger partial charge in [-0.1, -0.05) is 0 Å². The molecule has 9 heavy (non-hydrogen) atoms. The monoisotopic (exact) mass is 128 g/mol. The van der Waals surface area contributed by atoms with E-state index in [1.165, 1.54) is 0 Å². The number of nitrogens with zero attached hydrogens (tertiary/aromatic N) is 2. The van der Waals surface area contributed by atoms with Crippen molar-refractivity contribution in [2.45, 2.75) is 13.8 Å². The van der Waals surface area contributed by atoms with E-state index in [-0.39, 0.29) is 0 Å². The molecule has 0 aromatic rings. The van der Waals surface area contributed by atoms with Gasteiger partial charge in [0.15, 0.2) is 11.8 Å². The fourth-order valence-electron chi connectivity index (χ4n) is 0.305. The highest BCUT2D eigenvalue weighted by atomic mass is 16.5. The van der Waals surface area contributed by atoms with Crippen LogP contribution in [-0.4, -0.2) is 25.9 Å². The van der Waals surface area contributed by atoms with Crippen LogP contribution in [-0.2, 0) is 4.74 Å². The van der Waals surface area contributed by atoms with Gasteiger partial charge in [0.05, 0.1) is 0 Å². The largest absolute Gasteiger partial charge is 0.430 e. The quantitative estimate of drug-likeness (QED) is 0.355. The highest BCUT2D eigenvalue weighted by Gasteiger charge is 1.90. The lowest BCUT2D eigenvalue weighted by molar-refractivity contribution is 0.533. The van der Waals surface area contributed by atoms with Gasteiger partial charge in [-0.3, -0.25) is 9.98 Å². The van der Waals surface area contributed by atoms with E-state index in [9.17, 15) is 0 Å². The predicted molar refractivity (Wildman–Crippen MR) is 39.2 cm³/mol. The molecule has 0 unspecified atom stereocenters. The molecular formula is C6H12N2O. The van der Waals surface area contributed by atoms with Crippen molar-refractivity contribution in [2.24, 2.45) is 9.98 Å². The summed E-state index contributed by atoms with van der Waals surface area (Å²) in [5.41, 5.74) is 0. The molecule has 0 rings (SSSR count). The first-order chi connectivity index (χ1) is 4.20. The molecule has 0 aliphatic carbocycles. The molecule has 3 heteroatoms. The van der Waals surface area contributed by atoms with E-state index in [1.807, 2.05) is 0 Å². The first kappa shape index (κ1) is 8.14. The molecular weight excluding hydrogens is 116 g/mol. The van der Waals surface area contributed by atoms with Crippen LogP contribution in [0, 0.1) is 0 Å². The van der Waals surface area contributed by atoms with E-state index in [1.54, 1.807) is 27.9 Å². The zero-order valence-electron chi connectivity index (χ0n) is 6.30. The van der Waals surface area contributed by atoms with Crippen LogP contribution >= 0.6 is 0 Å². The van der Waals surface area contributed by atoms with E-state index in [0.29, 0.717) is 11.8 Å². The van der Waals surface area contributed by atoms with E-state index in [4.69, 9.17) is 4.74 Å². The van der Waals surface area contributed by atoms with Gasteiger partial charge in [0.1, 0.15) is 0 Å².